The van der Waals surface area contributed by atoms with Gasteiger partial charge in [0.25, 0.3) is 0 Å². The standard InChI is InChI=1S/C28H39ClN6S/c1-21-9-3-6-18-35(21)25-19-24(34-16-7-8-17-34)31-26(32-25)33-27(36)30-20-28(14-4-2-5-15-28)22-10-12-23(29)13-11-22/h10-13,19,21H,2-9,14-18,20H2,1H3,(H2,30,31,32,33,36). The van der Waals surface area contributed by atoms with Crippen LogP contribution in [0.1, 0.15) is 76.7 Å². The number of nitrogens with one attached hydrogen (secondary N) is 2. The van der Waals surface area contributed by atoms with Gasteiger partial charge in [-0.2, -0.15) is 9.97 Å². The highest BCUT2D eigenvalue weighted by molar-refractivity contribution is 7.80. The van der Waals surface area contributed by atoms with Gasteiger partial charge in [0.05, 0.1) is 0 Å². The molecule has 1 unspecified atom stereocenters. The van der Waals surface area contributed by atoms with Gasteiger partial charge >= 0.3 is 0 Å². The van der Waals surface area contributed by atoms with Gasteiger partial charge in [0.1, 0.15) is 11.6 Å². The average Bonchev–Trinajstić information content (AvgIpc) is 3.44. The Morgan fingerprint density at radius 1 is 0.972 bits per heavy atom. The van der Waals surface area contributed by atoms with E-state index in [1.54, 1.807) is 0 Å². The molecule has 6 nitrogen and oxygen atoms in total. The number of benzene rings is 1. The van der Waals surface area contributed by atoms with Crippen LogP contribution in [0.3, 0.4) is 0 Å². The number of thiocarbonyl (C=S) groups is 1. The molecule has 8 heteroatoms. The van der Waals surface area contributed by atoms with E-state index in [-0.39, 0.29) is 5.41 Å². The van der Waals surface area contributed by atoms with Crippen LogP contribution in [0.5, 0.6) is 0 Å². The Morgan fingerprint density at radius 3 is 2.39 bits per heavy atom. The van der Waals surface area contributed by atoms with E-state index in [0.717, 1.165) is 55.7 Å². The molecule has 1 aromatic heterocycles. The molecule has 3 heterocycles. The largest absolute Gasteiger partial charge is 0.361 e. The molecule has 1 atom stereocenters. The average molecular weight is 527 g/mol. The van der Waals surface area contributed by atoms with Crippen LogP contribution in [0.25, 0.3) is 0 Å². The predicted molar refractivity (Wildman–Crippen MR) is 155 cm³/mol. The van der Waals surface area contributed by atoms with E-state index in [2.05, 4.69) is 45.6 Å². The molecule has 1 aliphatic carbocycles. The Balaban J connectivity index is 1.32. The minimum atomic E-state index is 0.0707. The molecule has 0 radical (unpaired) electrons. The van der Waals surface area contributed by atoms with Crippen molar-refractivity contribution in [2.24, 2.45) is 0 Å². The van der Waals surface area contributed by atoms with Crippen molar-refractivity contribution in [1.82, 2.24) is 15.3 Å². The molecular formula is C28H39ClN6S. The molecule has 194 valence electrons. The van der Waals surface area contributed by atoms with Crippen molar-refractivity contribution < 1.29 is 0 Å². The summed E-state index contributed by atoms with van der Waals surface area (Å²) in [7, 11) is 0. The van der Waals surface area contributed by atoms with Crippen LogP contribution in [0.2, 0.25) is 5.02 Å². The molecule has 3 aliphatic rings. The molecule has 2 aliphatic heterocycles. The topological polar surface area (TPSA) is 56.3 Å². The summed E-state index contributed by atoms with van der Waals surface area (Å²) in [6, 6.07) is 11.0. The van der Waals surface area contributed by atoms with E-state index in [0.29, 0.717) is 17.1 Å². The number of nitrogens with zero attached hydrogens (tertiary/aromatic N) is 4. The second kappa shape index (κ2) is 11.5. The third-order valence-corrected chi connectivity index (χ3v) is 8.80. The monoisotopic (exact) mass is 526 g/mol. The van der Waals surface area contributed by atoms with E-state index in [9.17, 15) is 0 Å². The highest BCUT2D eigenvalue weighted by Crippen LogP contribution is 2.39. The second-order valence-electron chi connectivity index (χ2n) is 10.8. The maximum absolute atomic E-state index is 6.18. The molecule has 2 N–H and O–H groups in total. The minimum Gasteiger partial charge on any atom is -0.361 e. The fourth-order valence-corrected chi connectivity index (χ4v) is 6.46. The highest BCUT2D eigenvalue weighted by Gasteiger charge is 2.34. The second-order valence-corrected chi connectivity index (χ2v) is 11.6. The Bertz CT molecular complexity index is 1030. The number of aromatic nitrogens is 2. The number of rotatable bonds is 6. The fourth-order valence-electron chi connectivity index (χ4n) is 6.17. The molecule has 0 bridgehead atoms. The van der Waals surface area contributed by atoms with Gasteiger partial charge in [-0.1, -0.05) is 43.0 Å². The summed E-state index contributed by atoms with van der Waals surface area (Å²) in [5.41, 5.74) is 1.41. The smallest absolute Gasteiger partial charge is 0.232 e. The zero-order valence-corrected chi connectivity index (χ0v) is 23.0. The van der Waals surface area contributed by atoms with Crippen LogP contribution >= 0.6 is 23.8 Å². The summed E-state index contributed by atoms with van der Waals surface area (Å²) in [6.45, 7) is 6.25. The van der Waals surface area contributed by atoms with Crippen LogP contribution < -0.4 is 20.4 Å². The first-order valence-electron chi connectivity index (χ1n) is 13.7. The first-order chi connectivity index (χ1) is 17.5. The predicted octanol–water partition coefficient (Wildman–Crippen LogP) is 6.30. The molecule has 2 aromatic rings. The van der Waals surface area contributed by atoms with Crippen LogP contribution in [0.15, 0.2) is 30.3 Å². The lowest BCUT2D eigenvalue weighted by molar-refractivity contribution is 0.292. The highest BCUT2D eigenvalue weighted by atomic mass is 35.5. The van der Waals surface area contributed by atoms with Crippen LogP contribution in [0, 0.1) is 0 Å². The summed E-state index contributed by atoms with van der Waals surface area (Å²) < 4.78 is 0. The van der Waals surface area contributed by atoms with Crippen molar-refractivity contribution in [3.8, 4) is 0 Å². The normalized spacial score (nSPS) is 21.9. The lowest BCUT2D eigenvalue weighted by Gasteiger charge is -2.38. The Kier molecular flexibility index (Phi) is 8.16. The first-order valence-corrected chi connectivity index (χ1v) is 14.5. The molecule has 3 fully saturated rings. The van der Waals surface area contributed by atoms with E-state index in [4.69, 9.17) is 33.8 Å². The van der Waals surface area contributed by atoms with Gasteiger partial charge in [0.15, 0.2) is 5.11 Å². The van der Waals surface area contributed by atoms with Crippen molar-refractivity contribution in [1.29, 1.82) is 0 Å². The Hall–Kier alpha value is -2.12. The van der Waals surface area contributed by atoms with Crippen molar-refractivity contribution in [3.63, 3.8) is 0 Å². The van der Waals surface area contributed by atoms with E-state index >= 15 is 0 Å². The summed E-state index contributed by atoms with van der Waals surface area (Å²) >= 11 is 12.0. The van der Waals surface area contributed by atoms with Crippen molar-refractivity contribution in [3.05, 3.63) is 40.9 Å². The molecule has 0 amide bonds. The summed E-state index contributed by atoms with van der Waals surface area (Å²) in [5, 5.41) is 8.24. The van der Waals surface area contributed by atoms with E-state index in [1.807, 2.05) is 12.1 Å². The molecular weight excluding hydrogens is 488 g/mol. The van der Waals surface area contributed by atoms with Gasteiger partial charge in [-0.25, -0.2) is 0 Å². The number of halogens is 1. The molecule has 2 saturated heterocycles. The maximum Gasteiger partial charge on any atom is 0.232 e. The molecule has 5 rings (SSSR count). The van der Waals surface area contributed by atoms with E-state index < -0.39 is 0 Å². The maximum atomic E-state index is 6.18. The summed E-state index contributed by atoms with van der Waals surface area (Å²) in [5.74, 6) is 2.61. The van der Waals surface area contributed by atoms with Crippen molar-refractivity contribution >= 4 is 46.5 Å². The van der Waals surface area contributed by atoms with Gasteiger partial charge in [-0.05, 0) is 81.8 Å². The zero-order chi connectivity index (χ0) is 25.0. The molecule has 0 spiro atoms. The van der Waals surface area contributed by atoms with Crippen molar-refractivity contribution in [2.45, 2.75) is 82.6 Å². The lowest BCUT2D eigenvalue weighted by Crippen LogP contribution is -2.43. The third-order valence-electron chi connectivity index (χ3n) is 8.31. The van der Waals surface area contributed by atoms with Crippen LogP contribution in [-0.4, -0.2) is 47.3 Å². The third kappa shape index (κ3) is 5.88. The number of hydrogen-bond donors (Lipinski definition) is 2. The minimum absolute atomic E-state index is 0.0707. The number of hydrogen-bond acceptors (Lipinski definition) is 5. The van der Waals surface area contributed by atoms with Crippen LogP contribution in [-0.2, 0) is 5.41 Å². The quantitative estimate of drug-likeness (QED) is 0.428. The Labute approximate surface area is 226 Å². The van der Waals surface area contributed by atoms with Gasteiger partial charge in [-0.15, -0.1) is 0 Å². The van der Waals surface area contributed by atoms with Crippen LogP contribution in [0.4, 0.5) is 17.6 Å². The van der Waals surface area contributed by atoms with Gasteiger partial charge in [0, 0.05) is 48.7 Å². The molecule has 36 heavy (non-hydrogen) atoms. The molecule has 1 saturated carbocycles. The van der Waals surface area contributed by atoms with Crippen molar-refractivity contribution in [2.75, 3.05) is 41.3 Å². The fraction of sp³-hybridized carbons (Fsp3) is 0.607. The summed E-state index contributed by atoms with van der Waals surface area (Å²) in [4.78, 5) is 14.6. The molecule has 1 aromatic carbocycles. The number of piperidine rings is 1. The lowest BCUT2D eigenvalue weighted by atomic mass is 9.69. The van der Waals surface area contributed by atoms with E-state index in [1.165, 1.54) is 56.9 Å². The first kappa shape index (κ1) is 25.5. The SMILES string of the molecule is CC1CCCCN1c1cc(N2CCCC2)nc(NC(=S)NCC2(c3ccc(Cl)cc3)CCCCC2)n1. The number of anilines is 3. The zero-order valence-electron chi connectivity index (χ0n) is 21.4. The summed E-state index contributed by atoms with van der Waals surface area (Å²) in [6.07, 6.45) is 12.2. The van der Waals surface area contributed by atoms with Gasteiger partial charge in [0.2, 0.25) is 5.95 Å². The van der Waals surface area contributed by atoms with Gasteiger partial charge in [-0.3, -0.25) is 0 Å². The Morgan fingerprint density at radius 2 is 1.67 bits per heavy atom. The van der Waals surface area contributed by atoms with Gasteiger partial charge < -0.3 is 20.4 Å².